The first-order valence-electron chi connectivity index (χ1n) is 11.6. The summed E-state index contributed by atoms with van der Waals surface area (Å²) in [7, 11) is 0. The van der Waals surface area contributed by atoms with Gasteiger partial charge in [0.15, 0.2) is 11.0 Å². The fraction of sp³-hybridized carbons (Fsp3) is 0.727. The first-order valence-corrected chi connectivity index (χ1v) is 11.9. The predicted molar refractivity (Wildman–Crippen MR) is 121 cm³/mol. The molecular weight excluding hydrogens is 456 g/mol. The Labute approximate surface area is 197 Å². The van der Waals surface area contributed by atoms with Gasteiger partial charge in [-0.2, -0.15) is 0 Å². The summed E-state index contributed by atoms with van der Waals surface area (Å²) >= 11 is 5.84. The highest BCUT2D eigenvalue weighted by Gasteiger charge is 2.49. The molecule has 4 atom stereocenters. The van der Waals surface area contributed by atoms with Gasteiger partial charge in [0, 0.05) is 30.9 Å². The van der Waals surface area contributed by atoms with E-state index in [1.807, 2.05) is 0 Å². The summed E-state index contributed by atoms with van der Waals surface area (Å²) in [6.45, 7) is 0.657. The molecule has 1 saturated carbocycles. The van der Waals surface area contributed by atoms with Crippen molar-refractivity contribution in [2.45, 2.75) is 69.2 Å². The largest absolute Gasteiger partial charge is 0.396 e. The number of nitrogens with two attached hydrogens (primary N) is 1. The van der Waals surface area contributed by atoms with Crippen LogP contribution in [0.4, 0.5) is 14.5 Å². The van der Waals surface area contributed by atoms with E-state index in [2.05, 4.69) is 14.8 Å². The number of alkyl halides is 1. The van der Waals surface area contributed by atoms with Crippen molar-refractivity contribution in [3.05, 3.63) is 22.7 Å². The van der Waals surface area contributed by atoms with Crippen LogP contribution >= 0.6 is 11.6 Å². The van der Waals surface area contributed by atoms with E-state index in [9.17, 15) is 8.78 Å². The number of rotatable bonds is 3. The van der Waals surface area contributed by atoms with Crippen LogP contribution in [-0.4, -0.2) is 86.3 Å². The van der Waals surface area contributed by atoms with E-state index in [1.54, 1.807) is 6.20 Å². The van der Waals surface area contributed by atoms with Crippen LogP contribution in [0, 0.1) is 11.7 Å². The zero-order chi connectivity index (χ0) is 23.8. The summed E-state index contributed by atoms with van der Waals surface area (Å²) in [5, 5.41) is 21.3. The van der Waals surface area contributed by atoms with Gasteiger partial charge in [-0.05, 0) is 51.0 Å². The van der Waals surface area contributed by atoms with Gasteiger partial charge in [-0.1, -0.05) is 18.0 Å². The number of pyridine rings is 1. The van der Waals surface area contributed by atoms with Crippen LogP contribution in [0.1, 0.15) is 50.5 Å². The third kappa shape index (κ3) is 5.24. The molecule has 8 nitrogen and oxygen atoms in total. The monoisotopic (exact) mass is 487 g/mol. The quantitative estimate of drug-likeness (QED) is 0.222. The Morgan fingerprint density at radius 3 is 2.82 bits per heavy atom. The second-order valence-electron chi connectivity index (χ2n) is 9.50. The number of anilines is 1. The number of aliphatic hydroxyl groups excluding tert-OH is 1. The number of aromatic nitrogens is 1. The molecule has 0 radical (unpaired) electrons. The number of hydrogen-bond acceptors (Lipinski definition) is 7. The zero-order valence-electron chi connectivity index (χ0n) is 18.5. The van der Waals surface area contributed by atoms with Gasteiger partial charge in [0.2, 0.25) is 0 Å². The minimum Gasteiger partial charge on any atom is -0.396 e. The lowest BCUT2D eigenvalue weighted by Gasteiger charge is -2.32. The second-order valence-corrected chi connectivity index (χ2v) is 9.86. The van der Waals surface area contributed by atoms with E-state index >= 15 is 0 Å². The molecule has 0 spiro atoms. The maximum absolute atomic E-state index is 14.5. The van der Waals surface area contributed by atoms with Crippen LogP contribution in [0.25, 0.3) is 0 Å². The molecule has 5 N–H and O–H groups in total. The Morgan fingerprint density at radius 1 is 1.30 bits per heavy atom. The SMILES string of the molecule is Nc1c(C(=NCC23CCCN2CC(F)C3)N2CCCCC3CC32)cnc(Cl)c1F.OC(O)O. The summed E-state index contributed by atoms with van der Waals surface area (Å²) < 4.78 is 28.6. The lowest BCUT2D eigenvalue weighted by Crippen LogP contribution is -2.42. The second kappa shape index (κ2) is 9.95. The Kier molecular flexibility index (Phi) is 7.40. The molecule has 1 aromatic heterocycles. The van der Waals surface area contributed by atoms with E-state index in [4.69, 9.17) is 37.6 Å². The number of aliphatic hydroxyl groups is 3. The minimum atomic E-state index is -2.17. The number of hydrogen-bond donors (Lipinski definition) is 4. The van der Waals surface area contributed by atoms with Crippen LogP contribution in [0.3, 0.4) is 0 Å². The van der Waals surface area contributed by atoms with Crippen molar-refractivity contribution in [2.24, 2.45) is 10.9 Å². The predicted octanol–water partition coefficient (Wildman–Crippen LogP) is 1.90. The van der Waals surface area contributed by atoms with Crippen molar-refractivity contribution >= 4 is 23.1 Å². The highest BCUT2D eigenvalue weighted by molar-refractivity contribution is 6.30. The molecule has 0 amide bonds. The Bertz CT molecular complexity index is 889. The molecule has 1 aromatic rings. The highest BCUT2D eigenvalue weighted by atomic mass is 35.5. The van der Waals surface area contributed by atoms with Gasteiger partial charge in [0.05, 0.1) is 17.8 Å². The number of halogens is 3. The van der Waals surface area contributed by atoms with Gasteiger partial charge in [-0.15, -0.1) is 0 Å². The van der Waals surface area contributed by atoms with E-state index in [-0.39, 0.29) is 16.4 Å². The minimum absolute atomic E-state index is 0.000708. The first-order chi connectivity index (χ1) is 15.7. The lowest BCUT2D eigenvalue weighted by atomic mass is 9.93. The van der Waals surface area contributed by atoms with Crippen LogP contribution in [0.5, 0.6) is 0 Å². The van der Waals surface area contributed by atoms with Crippen LogP contribution < -0.4 is 5.73 Å². The molecule has 0 bridgehead atoms. The molecule has 33 heavy (non-hydrogen) atoms. The van der Waals surface area contributed by atoms with E-state index in [0.29, 0.717) is 42.9 Å². The van der Waals surface area contributed by atoms with Crippen molar-refractivity contribution in [1.82, 2.24) is 14.8 Å². The fourth-order valence-electron chi connectivity index (χ4n) is 5.72. The number of nitrogens with zero attached hydrogens (tertiary/aromatic N) is 4. The molecule has 3 saturated heterocycles. The van der Waals surface area contributed by atoms with Crippen molar-refractivity contribution in [1.29, 1.82) is 0 Å². The summed E-state index contributed by atoms with van der Waals surface area (Å²) in [4.78, 5) is 13.6. The maximum atomic E-state index is 14.5. The molecule has 11 heteroatoms. The Balaban J connectivity index is 0.000000601. The summed E-state index contributed by atoms with van der Waals surface area (Å²) in [6, 6.07) is 0.434. The molecule has 4 fully saturated rings. The molecule has 3 aliphatic heterocycles. The van der Waals surface area contributed by atoms with E-state index in [0.717, 1.165) is 38.8 Å². The number of nitrogen functional groups attached to an aromatic ring is 1. The Morgan fingerprint density at radius 2 is 2.06 bits per heavy atom. The lowest BCUT2D eigenvalue weighted by molar-refractivity contribution is -0.198. The normalized spacial score (nSPS) is 31.7. The highest BCUT2D eigenvalue weighted by Crippen LogP contribution is 2.44. The smallest absolute Gasteiger partial charge is 0.263 e. The van der Waals surface area contributed by atoms with Gasteiger partial charge < -0.3 is 26.0 Å². The summed E-state index contributed by atoms with van der Waals surface area (Å²) in [5.74, 6) is 0.699. The van der Waals surface area contributed by atoms with Gasteiger partial charge in [0.25, 0.3) is 6.48 Å². The standard InChI is InChI=1S/C21H28ClF2N5.CH4O3/c22-19-17(24)18(25)15(10-26-19)20(29-7-2-1-4-13-8-16(13)29)27-12-21-5-3-6-28(21)11-14(23)9-21;2-1(3)4/h10,13-14,16H,1-9,11-12H2,(H2,25,26);1-4H. The van der Waals surface area contributed by atoms with E-state index in [1.165, 1.54) is 12.8 Å². The average molecular weight is 488 g/mol. The number of amidine groups is 1. The number of fused-ring (bicyclic) bond motifs is 2. The average Bonchev–Trinajstić information content (AvgIpc) is 3.35. The first kappa shape index (κ1) is 24.5. The molecule has 5 rings (SSSR count). The van der Waals surface area contributed by atoms with Gasteiger partial charge in [-0.25, -0.2) is 13.8 Å². The summed E-state index contributed by atoms with van der Waals surface area (Å²) in [6.07, 6.45) is 7.97. The van der Waals surface area contributed by atoms with Crippen molar-refractivity contribution in [2.75, 3.05) is 31.9 Å². The van der Waals surface area contributed by atoms with Crippen molar-refractivity contribution in [3.8, 4) is 0 Å². The van der Waals surface area contributed by atoms with E-state index < -0.39 is 18.5 Å². The molecule has 1 aliphatic carbocycles. The molecular formula is C22H32ClF2N5O3. The maximum Gasteiger partial charge on any atom is 0.263 e. The third-order valence-corrected chi connectivity index (χ3v) is 7.58. The van der Waals surface area contributed by atoms with Crippen LogP contribution in [0.2, 0.25) is 5.15 Å². The van der Waals surface area contributed by atoms with Crippen molar-refractivity contribution < 1.29 is 24.1 Å². The van der Waals surface area contributed by atoms with Crippen molar-refractivity contribution in [3.63, 3.8) is 0 Å². The number of aliphatic imine (C=N–C) groups is 1. The van der Waals surface area contributed by atoms with Gasteiger partial charge >= 0.3 is 0 Å². The molecule has 4 aliphatic rings. The Hall–Kier alpha value is -1.59. The number of likely N-dealkylation sites (tertiary alicyclic amines) is 1. The van der Waals surface area contributed by atoms with Gasteiger partial charge in [-0.3, -0.25) is 9.89 Å². The van der Waals surface area contributed by atoms with Crippen LogP contribution in [0.15, 0.2) is 11.2 Å². The third-order valence-electron chi connectivity index (χ3n) is 7.32. The fourth-order valence-corrected chi connectivity index (χ4v) is 5.87. The topological polar surface area (TPSA) is 118 Å². The zero-order valence-corrected chi connectivity index (χ0v) is 19.3. The van der Waals surface area contributed by atoms with Gasteiger partial charge in [0.1, 0.15) is 12.0 Å². The molecule has 184 valence electrons. The van der Waals surface area contributed by atoms with Crippen LogP contribution in [-0.2, 0) is 0 Å². The molecule has 4 heterocycles. The molecule has 4 unspecified atom stereocenters. The summed E-state index contributed by atoms with van der Waals surface area (Å²) in [5.41, 5.74) is 6.42. The molecule has 0 aromatic carbocycles.